The highest BCUT2D eigenvalue weighted by molar-refractivity contribution is 5.87. The molecule has 1 aromatic carbocycles. The average molecular weight is 451 g/mol. The van der Waals surface area contributed by atoms with E-state index in [9.17, 15) is 0 Å². The van der Waals surface area contributed by atoms with E-state index in [1.54, 1.807) is 0 Å². The Balaban J connectivity index is 1.41. The van der Waals surface area contributed by atoms with Gasteiger partial charge in [-0.05, 0) is 25.3 Å². The number of ether oxygens (including phenoxy) is 2. The summed E-state index contributed by atoms with van der Waals surface area (Å²) in [6.45, 7) is 7.00. The Kier molecular flexibility index (Phi) is 7.02. The number of nitrogens with one attached hydrogen (secondary N) is 1. The molecule has 2 aromatic heterocycles. The van der Waals surface area contributed by atoms with Gasteiger partial charge in [0.2, 0.25) is 0 Å². The molecule has 1 atom stereocenters. The lowest BCUT2D eigenvalue weighted by molar-refractivity contribution is 0.0317. The Hall–Kier alpha value is -2.71. The highest BCUT2D eigenvalue weighted by Gasteiger charge is 2.21. The summed E-state index contributed by atoms with van der Waals surface area (Å²) in [5.41, 5.74) is 2.00. The fourth-order valence-electron chi connectivity index (χ4n) is 4.77. The van der Waals surface area contributed by atoms with E-state index >= 15 is 0 Å². The molecule has 8 nitrogen and oxygen atoms in total. The number of rotatable bonds is 8. The minimum atomic E-state index is 0.0577. The van der Waals surface area contributed by atoms with Gasteiger partial charge in [0.15, 0.2) is 5.65 Å². The van der Waals surface area contributed by atoms with Crippen molar-refractivity contribution >= 4 is 16.9 Å². The van der Waals surface area contributed by atoms with Crippen LogP contribution < -0.4 is 10.1 Å². The van der Waals surface area contributed by atoms with Crippen molar-refractivity contribution in [1.82, 2.24) is 24.6 Å². The SMILES string of the molecule is CC(c1ccccc1)n1ncc2c(NC3CCCCC3)nc(OCCN3CCOCC3)nc21. The third kappa shape index (κ3) is 5.28. The van der Waals surface area contributed by atoms with Gasteiger partial charge in [-0.25, -0.2) is 4.68 Å². The molecule has 0 spiro atoms. The molecule has 2 aliphatic rings. The normalized spacial score (nSPS) is 18.9. The highest BCUT2D eigenvalue weighted by Crippen LogP contribution is 2.29. The van der Waals surface area contributed by atoms with E-state index in [-0.39, 0.29) is 6.04 Å². The molecule has 3 aromatic rings. The predicted octanol–water partition coefficient (Wildman–Crippen LogP) is 3.89. The fraction of sp³-hybridized carbons (Fsp3) is 0.560. The van der Waals surface area contributed by atoms with Crippen molar-refractivity contribution in [2.24, 2.45) is 0 Å². The van der Waals surface area contributed by atoms with E-state index in [0.717, 1.165) is 49.7 Å². The van der Waals surface area contributed by atoms with Gasteiger partial charge in [-0.3, -0.25) is 4.90 Å². The first kappa shape index (κ1) is 22.1. The summed E-state index contributed by atoms with van der Waals surface area (Å²) in [7, 11) is 0. The van der Waals surface area contributed by atoms with Gasteiger partial charge in [0.25, 0.3) is 0 Å². The third-order valence-electron chi connectivity index (χ3n) is 6.77. The molecule has 0 bridgehead atoms. The van der Waals surface area contributed by atoms with Crippen molar-refractivity contribution in [1.29, 1.82) is 0 Å². The number of nitrogens with zero attached hydrogens (tertiary/aromatic N) is 5. The van der Waals surface area contributed by atoms with Gasteiger partial charge in [-0.15, -0.1) is 0 Å². The van der Waals surface area contributed by atoms with Crippen molar-refractivity contribution in [2.45, 2.75) is 51.1 Å². The zero-order valence-corrected chi connectivity index (χ0v) is 19.4. The van der Waals surface area contributed by atoms with Gasteiger partial charge in [0, 0.05) is 25.7 Å². The monoisotopic (exact) mass is 450 g/mol. The Morgan fingerprint density at radius 3 is 2.67 bits per heavy atom. The number of benzene rings is 1. The number of anilines is 1. The van der Waals surface area contributed by atoms with Crippen molar-refractivity contribution in [3.05, 3.63) is 42.1 Å². The molecule has 0 radical (unpaired) electrons. The van der Waals surface area contributed by atoms with Crippen LogP contribution in [0.15, 0.2) is 36.5 Å². The lowest BCUT2D eigenvalue weighted by Gasteiger charge is -2.26. The minimum absolute atomic E-state index is 0.0577. The number of aromatic nitrogens is 4. The number of fused-ring (bicyclic) bond motifs is 1. The first-order valence-electron chi connectivity index (χ1n) is 12.3. The smallest absolute Gasteiger partial charge is 0.320 e. The molecule has 1 aliphatic heterocycles. The number of morpholine rings is 1. The first-order chi connectivity index (χ1) is 16.3. The van der Waals surface area contributed by atoms with Gasteiger partial charge in [-0.2, -0.15) is 15.1 Å². The maximum absolute atomic E-state index is 6.07. The van der Waals surface area contributed by atoms with E-state index in [2.05, 4.69) is 41.4 Å². The lowest BCUT2D eigenvalue weighted by Crippen LogP contribution is -2.38. The van der Waals surface area contributed by atoms with Crippen LogP contribution >= 0.6 is 0 Å². The Morgan fingerprint density at radius 2 is 1.88 bits per heavy atom. The molecule has 3 heterocycles. The molecule has 1 saturated heterocycles. The molecule has 5 rings (SSSR count). The molecule has 1 aliphatic carbocycles. The maximum atomic E-state index is 6.07. The van der Waals surface area contributed by atoms with E-state index in [1.807, 2.05) is 16.9 Å². The topological polar surface area (TPSA) is 77.3 Å². The molecule has 1 saturated carbocycles. The highest BCUT2D eigenvalue weighted by atomic mass is 16.5. The molecule has 2 fully saturated rings. The van der Waals surface area contributed by atoms with Crippen LogP contribution in [0.3, 0.4) is 0 Å². The van der Waals surface area contributed by atoms with Gasteiger partial charge in [0.05, 0.1) is 30.8 Å². The van der Waals surface area contributed by atoms with Crippen LogP contribution in [-0.2, 0) is 4.74 Å². The molecular weight excluding hydrogens is 416 g/mol. The Labute approximate surface area is 195 Å². The second-order valence-electron chi connectivity index (χ2n) is 9.05. The van der Waals surface area contributed by atoms with Gasteiger partial charge in [-0.1, -0.05) is 49.6 Å². The number of hydrogen-bond acceptors (Lipinski definition) is 7. The second-order valence-corrected chi connectivity index (χ2v) is 9.05. The van der Waals surface area contributed by atoms with E-state index in [1.165, 1.54) is 37.7 Å². The summed E-state index contributed by atoms with van der Waals surface area (Å²) in [6, 6.07) is 11.3. The van der Waals surface area contributed by atoms with Crippen molar-refractivity contribution < 1.29 is 9.47 Å². The van der Waals surface area contributed by atoms with Gasteiger partial charge in [0.1, 0.15) is 12.4 Å². The zero-order valence-electron chi connectivity index (χ0n) is 19.4. The van der Waals surface area contributed by atoms with Crippen LogP contribution in [-0.4, -0.2) is 70.1 Å². The average Bonchev–Trinajstić information content (AvgIpc) is 3.30. The minimum Gasteiger partial charge on any atom is -0.462 e. The molecule has 33 heavy (non-hydrogen) atoms. The zero-order chi connectivity index (χ0) is 22.5. The second kappa shape index (κ2) is 10.5. The van der Waals surface area contributed by atoms with Crippen LogP contribution in [0.1, 0.15) is 50.6 Å². The van der Waals surface area contributed by atoms with Crippen LogP contribution in [0.4, 0.5) is 5.82 Å². The van der Waals surface area contributed by atoms with Gasteiger partial charge < -0.3 is 14.8 Å². The molecule has 176 valence electrons. The van der Waals surface area contributed by atoms with E-state index < -0.39 is 0 Å². The fourth-order valence-corrected chi connectivity index (χ4v) is 4.77. The van der Waals surface area contributed by atoms with Gasteiger partial charge >= 0.3 is 6.01 Å². The van der Waals surface area contributed by atoms with Crippen molar-refractivity contribution in [3.8, 4) is 6.01 Å². The maximum Gasteiger partial charge on any atom is 0.320 e. The summed E-state index contributed by atoms with van der Waals surface area (Å²) < 4.78 is 13.5. The van der Waals surface area contributed by atoms with Crippen molar-refractivity contribution in [2.75, 3.05) is 44.8 Å². The summed E-state index contributed by atoms with van der Waals surface area (Å²) in [5, 5.41) is 9.35. The predicted molar refractivity (Wildman–Crippen MR) is 129 cm³/mol. The standard InChI is InChI=1S/C25H34N6O2/c1-19(20-8-4-2-5-9-20)31-24-22(18-26-31)23(27-21-10-6-3-7-11-21)28-25(29-24)33-17-14-30-12-15-32-16-13-30/h2,4-5,8-9,18-19,21H,3,6-7,10-17H2,1H3,(H,27,28,29). The van der Waals surface area contributed by atoms with Crippen molar-refractivity contribution in [3.63, 3.8) is 0 Å². The Bertz CT molecular complexity index is 1030. The van der Waals surface area contributed by atoms with Crippen LogP contribution in [0.2, 0.25) is 0 Å². The van der Waals surface area contributed by atoms with Crippen LogP contribution in [0, 0.1) is 0 Å². The number of hydrogen-bond donors (Lipinski definition) is 1. The summed E-state index contributed by atoms with van der Waals surface area (Å²) in [5.74, 6) is 0.833. The summed E-state index contributed by atoms with van der Waals surface area (Å²) in [6.07, 6.45) is 8.08. The molecular formula is C25H34N6O2. The summed E-state index contributed by atoms with van der Waals surface area (Å²) in [4.78, 5) is 11.9. The van der Waals surface area contributed by atoms with Crippen LogP contribution in [0.25, 0.3) is 11.0 Å². The van der Waals surface area contributed by atoms with Crippen LogP contribution in [0.5, 0.6) is 6.01 Å². The van der Waals surface area contributed by atoms with E-state index in [0.29, 0.717) is 18.7 Å². The molecule has 1 N–H and O–H groups in total. The summed E-state index contributed by atoms with van der Waals surface area (Å²) >= 11 is 0. The molecule has 1 unspecified atom stereocenters. The quantitative estimate of drug-likeness (QED) is 0.558. The Morgan fingerprint density at radius 1 is 1.09 bits per heavy atom. The first-order valence-corrected chi connectivity index (χ1v) is 12.3. The van der Waals surface area contributed by atoms with E-state index in [4.69, 9.17) is 24.5 Å². The largest absolute Gasteiger partial charge is 0.462 e. The molecule has 8 heteroatoms. The molecule has 0 amide bonds. The third-order valence-corrected chi connectivity index (χ3v) is 6.77. The lowest BCUT2D eigenvalue weighted by atomic mass is 9.95.